The largest absolute Gasteiger partial charge is 0.396 e. The molecule has 98 valence electrons. The van der Waals surface area contributed by atoms with Crippen LogP contribution in [0.1, 0.15) is 40.0 Å². The summed E-state index contributed by atoms with van der Waals surface area (Å²) in [6.45, 7) is 7.93. The van der Waals surface area contributed by atoms with Crippen molar-refractivity contribution in [2.75, 3.05) is 32.2 Å². The zero-order valence-corrected chi connectivity index (χ0v) is 12.4. The molecule has 0 aromatic rings. The Bertz CT molecular complexity index is 163. The highest BCUT2D eigenvalue weighted by molar-refractivity contribution is 7.98. The second kappa shape index (κ2) is 8.37. The molecule has 0 aliphatic heterocycles. The van der Waals surface area contributed by atoms with Crippen LogP contribution in [0.15, 0.2) is 0 Å². The summed E-state index contributed by atoms with van der Waals surface area (Å²) < 4.78 is 0. The van der Waals surface area contributed by atoms with E-state index in [9.17, 15) is 5.11 Å². The van der Waals surface area contributed by atoms with Gasteiger partial charge in [-0.15, -0.1) is 0 Å². The lowest BCUT2D eigenvalue weighted by atomic mass is 9.82. The number of aliphatic hydroxyl groups is 1. The molecule has 0 aliphatic rings. The van der Waals surface area contributed by atoms with Gasteiger partial charge in [-0.3, -0.25) is 0 Å². The Morgan fingerprint density at radius 3 is 2.12 bits per heavy atom. The predicted molar refractivity (Wildman–Crippen MR) is 75.2 cm³/mol. The quantitative estimate of drug-likeness (QED) is 0.678. The SMILES string of the molecule is CCC(CSC)N(C)CC(CC)(CC)CO. The number of thioether (sulfide) groups is 1. The molecule has 1 unspecified atom stereocenters. The minimum Gasteiger partial charge on any atom is -0.396 e. The average molecular weight is 247 g/mol. The summed E-state index contributed by atoms with van der Waals surface area (Å²) in [5.74, 6) is 1.18. The summed E-state index contributed by atoms with van der Waals surface area (Å²) in [6, 6.07) is 0.638. The topological polar surface area (TPSA) is 23.5 Å². The molecular formula is C13H29NOS. The highest BCUT2D eigenvalue weighted by Crippen LogP contribution is 2.27. The van der Waals surface area contributed by atoms with Crippen molar-refractivity contribution >= 4 is 11.8 Å². The van der Waals surface area contributed by atoms with Gasteiger partial charge in [0, 0.05) is 30.4 Å². The van der Waals surface area contributed by atoms with Gasteiger partial charge in [0.15, 0.2) is 0 Å². The molecule has 0 aromatic heterocycles. The Labute approximate surface area is 106 Å². The summed E-state index contributed by atoms with van der Waals surface area (Å²) in [6.07, 6.45) is 5.46. The van der Waals surface area contributed by atoms with Crippen molar-refractivity contribution in [1.82, 2.24) is 4.90 Å². The van der Waals surface area contributed by atoms with E-state index in [1.54, 1.807) is 0 Å². The van der Waals surface area contributed by atoms with Crippen LogP contribution in [0.4, 0.5) is 0 Å². The van der Waals surface area contributed by atoms with Gasteiger partial charge < -0.3 is 10.0 Å². The van der Waals surface area contributed by atoms with E-state index in [0.717, 1.165) is 19.4 Å². The molecule has 0 amide bonds. The summed E-state index contributed by atoms with van der Waals surface area (Å²) in [5.41, 5.74) is 0.0978. The molecule has 0 fully saturated rings. The lowest BCUT2D eigenvalue weighted by molar-refractivity contribution is 0.0625. The standard InChI is InChI=1S/C13H29NOS/c1-6-12(9-16-5)14(4)10-13(7-2,8-3)11-15/h12,15H,6-11H2,1-5H3. The third-order valence-electron chi connectivity index (χ3n) is 3.87. The van der Waals surface area contributed by atoms with Crippen LogP contribution in [0.5, 0.6) is 0 Å². The molecule has 3 heteroatoms. The average Bonchev–Trinajstić information content (AvgIpc) is 2.33. The molecule has 0 saturated carbocycles. The van der Waals surface area contributed by atoms with E-state index in [4.69, 9.17) is 0 Å². The second-order valence-corrected chi connectivity index (χ2v) is 5.71. The molecule has 0 heterocycles. The van der Waals surface area contributed by atoms with E-state index >= 15 is 0 Å². The van der Waals surface area contributed by atoms with Gasteiger partial charge in [-0.2, -0.15) is 11.8 Å². The summed E-state index contributed by atoms with van der Waals surface area (Å²) >= 11 is 1.91. The molecular weight excluding hydrogens is 218 g/mol. The van der Waals surface area contributed by atoms with Crippen molar-refractivity contribution in [3.05, 3.63) is 0 Å². The van der Waals surface area contributed by atoms with Gasteiger partial charge in [-0.1, -0.05) is 20.8 Å². The van der Waals surface area contributed by atoms with Gasteiger partial charge in [0.05, 0.1) is 0 Å². The fourth-order valence-corrected chi connectivity index (χ4v) is 3.03. The Balaban J connectivity index is 4.42. The first-order chi connectivity index (χ1) is 7.59. The maximum absolute atomic E-state index is 9.58. The van der Waals surface area contributed by atoms with Crippen molar-refractivity contribution in [1.29, 1.82) is 0 Å². The van der Waals surface area contributed by atoms with Crippen LogP contribution >= 0.6 is 11.8 Å². The number of aliphatic hydroxyl groups excluding tert-OH is 1. The molecule has 16 heavy (non-hydrogen) atoms. The molecule has 0 aliphatic carbocycles. The lowest BCUT2D eigenvalue weighted by Crippen LogP contribution is -2.43. The summed E-state index contributed by atoms with van der Waals surface area (Å²) in [5, 5.41) is 9.58. The van der Waals surface area contributed by atoms with E-state index in [1.807, 2.05) is 11.8 Å². The van der Waals surface area contributed by atoms with E-state index in [-0.39, 0.29) is 5.41 Å². The van der Waals surface area contributed by atoms with E-state index in [2.05, 4.69) is 39.0 Å². The van der Waals surface area contributed by atoms with Gasteiger partial charge in [0.1, 0.15) is 0 Å². The van der Waals surface area contributed by atoms with Crippen LogP contribution < -0.4 is 0 Å². The van der Waals surface area contributed by atoms with E-state index in [0.29, 0.717) is 12.6 Å². The van der Waals surface area contributed by atoms with Crippen molar-refractivity contribution in [3.8, 4) is 0 Å². The molecule has 0 radical (unpaired) electrons. The lowest BCUT2D eigenvalue weighted by Gasteiger charge is -2.37. The zero-order chi connectivity index (χ0) is 12.6. The number of hydrogen-bond donors (Lipinski definition) is 1. The monoisotopic (exact) mass is 247 g/mol. The van der Waals surface area contributed by atoms with E-state index < -0.39 is 0 Å². The summed E-state index contributed by atoms with van der Waals surface area (Å²) in [4.78, 5) is 2.43. The Kier molecular flexibility index (Phi) is 8.52. The first-order valence-electron chi connectivity index (χ1n) is 6.39. The van der Waals surface area contributed by atoms with Crippen LogP contribution in [-0.4, -0.2) is 48.3 Å². The first-order valence-corrected chi connectivity index (χ1v) is 7.78. The normalized spacial score (nSPS) is 14.4. The van der Waals surface area contributed by atoms with Gasteiger partial charge in [-0.05, 0) is 32.6 Å². The molecule has 1 atom stereocenters. The van der Waals surface area contributed by atoms with Crippen LogP contribution in [0.2, 0.25) is 0 Å². The van der Waals surface area contributed by atoms with Crippen LogP contribution in [-0.2, 0) is 0 Å². The van der Waals surface area contributed by atoms with Gasteiger partial charge in [0.2, 0.25) is 0 Å². The Morgan fingerprint density at radius 2 is 1.81 bits per heavy atom. The summed E-state index contributed by atoms with van der Waals surface area (Å²) in [7, 11) is 2.19. The minimum absolute atomic E-state index is 0.0978. The third-order valence-corrected chi connectivity index (χ3v) is 4.59. The Hall–Kier alpha value is 0.270. The van der Waals surface area contributed by atoms with Gasteiger partial charge in [-0.25, -0.2) is 0 Å². The fourth-order valence-electron chi connectivity index (χ4n) is 2.15. The first kappa shape index (κ1) is 16.3. The van der Waals surface area contributed by atoms with Gasteiger partial charge in [0.25, 0.3) is 0 Å². The number of nitrogens with zero attached hydrogens (tertiary/aromatic N) is 1. The highest BCUT2D eigenvalue weighted by Gasteiger charge is 2.28. The fraction of sp³-hybridized carbons (Fsp3) is 1.00. The molecule has 1 N–H and O–H groups in total. The zero-order valence-electron chi connectivity index (χ0n) is 11.6. The molecule has 0 aromatic carbocycles. The molecule has 0 bridgehead atoms. The third kappa shape index (κ3) is 4.64. The Morgan fingerprint density at radius 1 is 1.25 bits per heavy atom. The van der Waals surface area contributed by atoms with Crippen molar-refractivity contribution in [2.24, 2.45) is 5.41 Å². The smallest absolute Gasteiger partial charge is 0.0499 e. The number of rotatable bonds is 9. The highest BCUT2D eigenvalue weighted by atomic mass is 32.2. The molecule has 0 spiro atoms. The number of hydrogen-bond acceptors (Lipinski definition) is 3. The second-order valence-electron chi connectivity index (χ2n) is 4.80. The molecule has 0 rings (SSSR count). The minimum atomic E-state index is 0.0978. The molecule has 2 nitrogen and oxygen atoms in total. The maximum atomic E-state index is 9.58. The predicted octanol–water partition coefficient (Wildman–Crippen LogP) is 2.86. The van der Waals surface area contributed by atoms with Crippen molar-refractivity contribution < 1.29 is 5.11 Å². The van der Waals surface area contributed by atoms with Crippen LogP contribution in [0.25, 0.3) is 0 Å². The van der Waals surface area contributed by atoms with Crippen LogP contribution in [0, 0.1) is 5.41 Å². The maximum Gasteiger partial charge on any atom is 0.0499 e. The van der Waals surface area contributed by atoms with Crippen molar-refractivity contribution in [3.63, 3.8) is 0 Å². The van der Waals surface area contributed by atoms with E-state index in [1.165, 1.54) is 12.2 Å². The van der Waals surface area contributed by atoms with Gasteiger partial charge >= 0.3 is 0 Å². The molecule has 0 saturated heterocycles. The van der Waals surface area contributed by atoms with Crippen molar-refractivity contribution in [2.45, 2.75) is 46.1 Å². The van der Waals surface area contributed by atoms with Crippen LogP contribution in [0.3, 0.4) is 0 Å².